The topological polar surface area (TPSA) is 46.5 Å². The van der Waals surface area contributed by atoms with Crippen molar-refractivity contribution in [1.82, 2.24) is 0 Å². The third kappa shape index (κ3) is 2.02. The summed E-state index contributed by atoms with van der Waals surface area (Å²) in [7, 11) is 0. The number of ether oxygens (including phenoxy) is 1. The highest BCUT2D eigenvalue weighted by Crippen LogP contribution is 2.20. The van der Waals surface area contributed by atoms with Gasteiger partial charge in [-0.05, 0) is 12.1 Å². The van der Waals surface area contributed by atoms with Gasteiger partial charge in [-0.25, -0.2) is 8.60 Å². The molecule has 0 aliphatic heterocycles. The normalized spacial score (nSPS) is 12.5. The van der Waals surface area contributed by atoms with Crippen LogP contribution in [0.3, 0.4) is 0 Å². The molecule has 3 nitrogen and oxygen atoms in total. The molecule has 1 N–H and O–H groups in total. The molecule has 1 unspecified atom stereocenters. The lowest BCUT2D eigenvalue weighted by Crippen LogP contribution is -1.96. The van der Waals surface area contributed by atoms with Gasteiger partial charge in [0.15, 0.2) is 11.1 Å². The molecule has 0 aromatic heterocycles. The first kappa shape index (κ1) is 9.15. The Morgan fingerprint density at radius 3 is 2.75 bits per heavy atom. The van der Waals surface area contributed by atoms with Crippen molar-refractivity contribution in [2.24, 2.45) is 0 Å². The first-order valence-electron chi connectivity index (χ1n) is 3.14. The summed E-state index contributed by atoms with van der Waals surface area (Å²) >= 11 is -2.13. The van der Waals surface area contributed by atoms with E-state index in [1.54, 1.807) is 12.1 Å². The van der Waals surface area contributed by atoms with Crippen LogP contribution < -0.4 is 4.74 Å². The molecule has 5 heteroatoms. The van der Waals surface area contributed by atoms with E-state index in [1.807, 2.05) is 0 Å². The molecule has 12 heavy (non-hydrogen) atoms. The van der Waals surface area contributed by atoms with Gasteiger partial charge in [0, 0.05) is 0 Å². The van der Waals surface area contributed by atoms with Crippen LogP contribution in [0.4, 0.5) is 4.39 Å². The fraction of sp³-hybridized carbons (Fsp3) is 0.143. The monoisotopic (exact) mass is 190 g/mol. The SMILES string of the molecule is O=S(O)c1ccccc1OCF. The zero-order valence-corrected chi connectivity index (χ0v) is 6.88. The average Bonchev–Trinajstić information content (AvgIpc) is 2.05. The number of hydrogen-bond acceptors (Lipinski definition) is 2. The summed E-state index contributed by atoms with van der Waals surface area (Å²) in [6.45, 7) is -1.01. The highest BCUT2D eigenvalue weighted by Gasteiger charge is 2.06. The quantitative estimate of drug-likeness (QED) is 0.736. The van der Waals surface area contributed by atoms with Gasteiger partial charge in [0.25, 0.3) is 0 Å². The molecule has 1 rings (SSSR count). The lowest BCUT2D eigenvalue weighted by molar-refractivity contribution is 0.187. The number of halogens is 1. The van der Waals surface area contributed by atoms with E-state index >= 15 is 0 Å². The molecule has 0 saturated carbocycles. The molecule has 0 fully saturated rings. The van der Waals surface area contributed by atoms with Crippen molar-refractivity contribution in [3.63, 3.8) is 0 Å². The Morgan fingerprint density at radius 1 is 1.50 bits per heavy atom. The van der Waals surface area contributed by atoms with Crippen molar-refractivity contribution >= 4 is 11.1 Å². The third-order valence-electron chi connectivity index (χ3n) is 1.25. The highest BCUT2D eigenvalue weighted by molar-refractivity contribution is 7.79. The predicted octanol–water partition coefficient (Wildman–Crippen LogP) is 1.57. The summed E-state index contributed by atoms with van der Waals surface area (Å²) in [6.07, 6.45) is 0. The summed E-state index contributed by atoms with van der Waals surface area (Å²) in [5.41, 5.74) is 0. The molecule has 66 valence electrons. The Balaban J connectivity index is 3.00. The number of benzene rings is 1. The summed E-state index contributed by atoms with van der Waals surface area (Å²) in [6, 6.07) is 6.01. The van der Waals surface area contributed by atoms with E-state index < -0.39 is 17.9 Å². The van der Waals surface area contributed by atoms with E-state index in [-0.39, 0.29) is 10.6 Å². The molecule has 0 amide bonds. The predicted molar refractivity (Wildman–Crippen MR) is 42.1 cm³/mol. The van der Waals surface area contributed by atoms with E-state index in [9.17, 15) is 8.60 Å². The molecule has 1 aromatic carbocycles. The maximum Gasteiger partial charge on any atom is 0.228 e. The summed E-state index contributed by atoms with van der Waals surface area (Å²) < 4.78 is 35.5. The minimum Gasteiger partial charge on any atom is -0.462 e. The molecule has 0 radical (unpaired) electrons. The zero-order chi connectivity index (χ0) is 8.97. The molecule has 0 aliphatic carbocycles. The Labute approximate surface area is 71.5 Å². The van der Waals surface area contributed by atoms with Crippen LogP contribution in [0.1, 0.15) is 0 Å². The van der Waals surface area contributed by atoms with Gasteiger partial charge in [-0.2, -0.15) is 0 Å². The lowest BCUT2D eigenvalue weighted by atomic mass is 10.3. The molecule has 1 atom stereocenters. The average molecular weight is 190 g/mol. The van der Waals surface area contributed by atoms with Crippen LogP contribution in [-0.4, -0.2) is 15.6 Å². The number of hydrogen-bond donors (Lipinski definition) is 1. The van der Waals surface area contributed by atoms with Crippen molar-refractivity contribution in [1.29, 1.82) is 0 Å². The maximum absolute atomic E-state index is 11.7. The first-order valence-corrected chi connectivity index (χ1v) is 4.25. The van der Waals surface area contributed by atoms with E-state index in [0.717, 1.165) is 0 Å². The number of alkyl halides is 1. The minimum absolute atomic E-state index is 0.0788. The van der Waals surface area contributed by atoms with Crippen LogP contribution in [0.2, 0.25) is 0 Å². The smallest absolute Gasteiger partial charge is 0.228 e. The van der Waals surface area contributed by atoms with Crippen LogP contribution in [0.15, 0.2) is 29.2 Å². The molecular formula is C7H7FO3S. The fourth-order valence-electron chi connectivity index (χ4n) is 0.772. The highest BCUT2D eigenvalue weighted by atomic mass is 32.2. The van der Waals surface area contributed by atoms with E-state index in [2.05, 4.69) is 4.74 Å². The Kier molecular flexibility index (Phi) is 3.19. The van der Waals surface area contributed by atoms with Crippen molar-refractivity contribution in [3.8, 4) is 5.75 Å². The van der Waals surface area contributed by atoms with Gasteiger partial charge in [0.1, 0.15) is 10.6 Å². The van der Waals surface area contributed by atoms with Gasteiger partial charge in [0.2, 0.25) is 6.86 Å². The van der Waals surface area contributed by atoms with Gasteiger partial charge in [-0.1, -0.05) is 12.1 Å². The van der Waals surface area contributed by atoms with Crippen LogP contribution >= 0.6 is 0 Å². The number of rotatable bonds is 3. The second kappa shape index (κ2) is 4.18. The summed E-state index contributed by atoms with van der Waals surface area (Å²) in [4.78, 5) is 0.0788. The fourth-order valence-corrected chi connectivity index (χ4v) is 1.27. The Hall–Kier alpha value is -0.940. The van der Waals surface area contributed by atoms with E-state index in [0.29, 0.717) is 0 Å². The third-order valence-corrected chi connectivity index (χ3v) is 1.96. The first-order chi connectivity index (χ1) is 5.75. The van der Waals surface area contributed by atoms with Gasteiger partial charge < -0.3 is 9.29 Å². The summed E-state index contributed by atoms with van der Waals surface area (Å²) in [5.74, 6) is 0.0980. The van der Waals surface area contributed by atoms with Gasteiger partial charge in [0.05, 0.1) is 0 Å². The lowest BCUT2D eigenvalue weighted by Gasteiger charge is -2.03. The van der Waals surface area contributed by atoms with Crippen LogP contribution in [0, 0.1) is 0 Å². The molecule has 1 aromatic rings. The van der Waals surface area contributed by atoms with Crippen LogP contribution in [0.5, 0.6) is 5.75 Å². The van der Waals surface area contributed by atoms with Crippen molar-refractivity contribution in [3.05, 3.63) is 24.3 Å². The largest absolute Gasteiger partial charge is 0.462 e. The van der Waals surface area contributed by atoms with E-state index in [1.165, 1.54) is 12.1 Å². The van der Waals surface area contributed by atoms with E-state index in [4.69, 9.17) is 4.55 Å². The number of para-hydroxylation sites is 1. The van der Waals surface area contributed by atoms with Gasteiger partial charge >= 0.3 is 0 Å². The second-order valence-electron chi connectivity index (χ2n) is 1.95. The molecular weight excluding hydrogens is 183 g/mol. The van der Waals surface area contributed by atoms with Crippen molar-refractivity contribution < 1.29 is 17.9 Å². The summed E-state index contributed by atoms with van der Waals surface area (Å²) in [5, 5.41) is 0. The second-order valence-corrected chi connectivity index (χ2v) is 2.89. The van der Waals surface area contributed by atoms with Crippen molar-refractivity contribution in [2.45, 2.75) is 4.90 Å². The standard InChI is InChI=1S/C7H7FO3S/c8-5-11-6-3-1-2-4-7(6)12(9)10/h1-4H,5H2,(H,9,10). The van der Waals surface area contributed by atoms with Gasteiger partial charge in [-0.15, -0.1) is 0 Å². The zero-order valence-electron chi connectivity index (χ0n) is 6.07. The van der Waals surface area contributed by atoms with Crippen LogP contribution in [-0.2, 0) is 11.1 Å². The Morgan fingerprint density at radius 2 is 2.17 bits per heavy atom. The minimum atomic E-state index is -2.13. The van der Waals surface area contributed by atoms with Crippen molar-refractivity contribution in [2.75, 3.05) is 6.86 Å². The van der Waals surface area contributed by atoms with Gasteiger partial charge in [-0.3, -0.25) is 0 Å². The molecule has 0 spiro atoms. The molecule has 0 aliphatic rings. The van der Waals surface area contributed by atoms with Crippen LogP contribution in [0.25, 0.3) is 0 Å². The molecule has 0 saturated heterocycles. The Bertz CT molecular complexity index is 290. The molecule has 0 bridgehead atoms. The maximum atomic E-state index is 11.7. The molecule has 0 heterocycles.